The molecule has 218 valence electrons. The molecule has 0 saturated heterocycles. The van der Waals surface area contributed by atoms with Crippen LogP contribution in [0, 0.1) is 0 Å². The van der Waals surface area contributed by atoms with Gasteiger partial charge < -0.3 is 19.7 Å². The molecule has 41 heavy (non-hydrogen) atoms. The number of rotatable bonds is 8. The fourth-order valence-corrected chi connectivity index (χ4v) is 4.96. The largest absolute Gasteiger partial charge is 0.493 e. The van der Waals surface area contributed by atoms with Crippen molar-refractivity contribution in [3.8, 4) is 5.75 Å². The third kappa shape index (κ3) is 6.99. The van der Waals surface area contributed by atoms with E-state index in [1.165, 1.54) is 11.9 Å². The van der Waals surface area contributed by atoms with Crippen molar-refractivity contribution in [2.24, 2.45) is 0 Å². The first-order valence-corrected chi connectivity index (χ1v) is 14.3. The van der Waals surface area contributed by atoms with E-state index in [1.807, 2.05) is 60.7 Å². The number of carbonyl (C=O) groups is 3. The van der Waals surface area contributed by atoms with Crippen molar-refractivity contribution in [2.45, 2.75) is 78.1 Å². The van der Waals surface area contributed by atoms with E-state index in [4.69, 9.17) is 9.47 Å². The molecule has 0 aliphatic carbocycles. The highest BCUT2D eigenvalue weighted by atomic mass is 16.6. The molecule has 0 fully saturated rings. The Hall–Kier alpha value is -4.07. The highest BCUT2D eigenvalue weighted by Gasteiger charge is 2.35. The van der Waals surface area contributed by atoms with Gasteiger partial charge in [-0.1, -0.05) is 55.5 Å². The summed E-state index contributed by atoms with van der Waals surface area (Å²) in [6.45, 7) is 9.86. The summed E-state index contributed by atoms with van der Waals surface area (Å²) in [6.07, 6.45) is 1.32. The zero-order valence-electron chi connectivity index (χ0n) is 24.9. The number of ether oxygens (including phenoxy) is 2. The molecule has 0 radical (unpaired) electrons. The minimum atomic E-state index is -0.830. The van der Waals surface area contributed by atoms with Gasteiger partial charge in [0.1, 0.15) is 23.4 Å². The van der Waals surface area contributed by atoms with Crippen LogP contribution in [0.3, 0.4) is 0 Å². The molecule has 8 nitrogen and oxygen atoms in total. The summed E-state index contributed by atoms with van der Waals surface area (Å²) >= 11 is 0. The van der Waals surface area contributed by atoms with Crippen LogP contribution < -0.4 is 15.0 Å². The van der Waals surface area contributed by atoms with E-state index in [0.717, 1.165) is 39.8 Å². The molecule has 0 saturated carbocycles. The summed E-state index contributed by atoms with van der Waals surface area (Å²) in [7, 11) is 1.52. The first-order chi connectivity index (χ1) is 19.5. The van der Waals surface area contributed by atoms with Gasteiger partial charge >= 0.3 is 6.09 Å². The Morgan fingerprint density at radius 3 is 2.51 bits per heavy atom. The van der Waals surface area contributed by atoms with Crippen LogP contribution in [-0.2, 0) is 27.3 Å². The molecule has 0 aromatic heterocycles. The zero-order chi connectivity index (χ0) is 29.7. The summed E-state index contributed by atoms with van der Waals surface area (Å²) in [4.78, 5) is 43.1. The molecule has 1 aliphatic rings. The Kier molecular flexibility index (Phi) is 9.21. The molecule has 1 heterocycles. The molecular weight excluding hydrogens is 518 g/mol. The van der Waals surface area contributed by atoms with E-state index in [0.29, 0.717) is 19.4 Å². The van der Waals surface area contributed by atoms with E-state index in [2.05, 4.69) is 12.2 Å². The van der Waals surface area contributed by atoms with Gasteiger partial charge in [0.15, 0.2) is 0 Å². The SMILES string of the molecule is CCCOc1ccc2ccccc2c1CN1C(=O)[C@@H](NC(=O)[C@H](C)N(C)C(=O)OC(C)(C)C)CCc2ccccc21. The van der Waals surface area contributed by atoms with Gasteiger partial charge in [-0.25, -0.2) is 4.79 Å². The second-order valence-corrected chi connectivity index (χ2v) is 11.5. The zero-order valence-corrected chi connectivity index (χ0v) is 24.9. The molecule has 0 spiro atoms. The average Bonchev–Trinajstić information content (AvgIpc) is 3.07. The minimum Gasteiger partial charge on any atom is -0.493 e. The summed E-state index contributed by atoms with van der Waals surface area (Å²) in [6, 6.07) is 18.3. The van der Waals surface area contributed by atoms with Crippen molar-refractivity contribution in [2.75, 3.05) is 18.6 Å². The standard InChI is InChI=1S/C33H41N3O5/c1-7-20-40-29-19-17-23-12-8-10-14-25(23)26(29)21-36-28-15-11-9-13-24(28)16-18-27(31(36)38)34-30(37)22(2)35(6)32(39)41-33(3,4)5/h8-15,17,19,22,27H,7,16,18,20-21H2,1-6H3,(H,34,37)/t22-,27-/m0/s1. The predicted octanol–water partition coefficient (Wildman–Crippen LogP) is 5.85. The molecule has 3 aromatic carbocycles. The minimum absolute atomic E-state index is 0.204. The van der Waals surface area contributed by atoms with Gasteiger partial charge in [0, 0.05) is 18.3 Å². The lowest BCUT2D eigenvalue weighted by Crippen LogP contribution is -2.54. The van der Waals surface area contributed by atoms with Crippen LogP contribution >= 0.6 is 0 Å². The van der Waals surface area contributed by atoms with Crippen molar-refractivity contribution in [3.05, 3.63) is 71.8 Å². The molecule has 3 aromatic rings. The van der Waals surface area contributed by atoms with Crippen LogP contribution in [0.5, 0.6) is 5.75 Å². The van der Waals surface area contributed by atoms with Crippen molar-refractivity contribution < 1.29 is 23.9 Å². The van der Waals surface area contributed by atoms with Gasteiger partial charge in [-0.2, -0.15) is 0 Å². The lowest BCUT2D eigenvalue weighted by Gasteiger charge is -2.30. The van der Waals surface area contributed by atoms with Gasteiger partial charge in [-0.05, 0) is 75.4 Å². The van der Waals surface area contributed by atoms with E-state index < -0.39 is 29.7 Å². The van der Waals surface area contributed by atoms with E-state index in [1.54, 1.807) is 32.6 Å². The van der Waals surface area contributed by atoms with Crippen molar-refractivity contribution >= 4 is 34.4 Å². The molecule has 0 bridgehead atoms. The molecule has 0 unspecified atom stereocenters. The van der Waals surface area contributed by atoms with Crippen LogP contribution in [0.2, 0.25) is 0 Å². The van der Waals surface area contributed by atoms with Crippen LogP contribution in [0.25, 0.3) is 10.8 Å². The van der Waals surface area contributed by atoms with E-state index in [9.17, 15) is 14.4 Å². The smallest absolute Gasteiger partial charge is 0.410 e. The van der Waals surface area contributed by atoms with Crippen LogP contribution in [-0.4, -0.2) is 54.1 Å². The first-order valence-electron chi connectivity index (χ1n) is 14.3. The van der Waals surface area contributed by atoms with Gasteiger partial charge in [0.2, 0.25) is 11.8 Å². The number of hydrogen-bond acceptors (Lipinski definition) is 5. The monoisotopic (exact) mass is 559 g/mol. The number of nitrogens with one attached hydrogen (secondary N) is 1. The number of fused-ring (bicyclic) bond motifs is 2. The number of nitrogens with zero attached hydrogens (tertiary/aromatic N) is 2. The Labute approximate surface area is 242 Å². The number of hydrogen-bond donors (Lipinski definition) is 1. The first kappa shape index (κ1) is 29.9. The maximum absolute atomic E-state index is 14.2. The second kappa shape index (κ2) is 12.6. The number of aryl methyl sites for hydroxylation is 1. The molecule has 1 N–H and O–H groups in total. The number of carbonyl (C=O) groups excluding carboxylic acids is 3. The normalized spacial score (nSPS) is 16.0. The lowest BCUT2D eigenvalue weighted by atomic mass is 10.0. The third-order valence-electron chi connectivity index (χ3n) is 7.28. The number of benzene rings is 3. The van der Waals surface area contributed by atoms with Crippen LogP contribution in [0.15, 0.2) is 60.7 Å². The molecule has 3 amide bonds. The predicted molar refractivity (Wildman–Crippen MR) is 161 cm³/mol. The van der Waals surface area contributed by atoms with Crippen LogP contribution in [0.1, 0.15) is 58.6 Å². The maximum Gasteiger partial charge on any atom is 0.410 e. The topological polar surface area (TPSA) is 88.2 Å². The fourth-order valence-electron chi connectivity index (χ4n) is 4.96. The number of para-hydroxylation sites is 1. The lowest BCUT2D eigenvalue weighted by molar-refractivity contribution is -0.130. The average molecular weight is 560 g/mol. The van der Waals surface area contributed by atoms with Gasteiger partial charge in [0.25, 0.3) is 0 Å². The molecule has 1 aliphatic heterocycles. The number of anilines is 1. The maximum atomic E-state index is 14.2. The number of amides is 3. The Morgan fingerprint density at radius 1 is 1.07 bits per heavy atom. The van der Waals surface area contributed by atoms with Gasteiger partial charge in [0.05, 0.1) is 13.2 Å². The van der Waals surface area contributed by atoms with Crippen LogP contribution in [0.4, 0.5) is 10.5 Å². The highest BCUT2D eigenvalue weighted by molar-refractivity contribution is 6.02. The van der Waals surface area contributed by atoms with Crippen molar-refractivity contribution in [3.63, 3.8) is 0 Å². The van der Waals surface area contributed by atoms with Gasteiger partial charge in [-0.15, -0.1) is 0 Å². The second-order valence-electron chi connectivity index (χ2n) is 11.5. The van der Waals surface area contributed by atoms with E-state index >= 15 is 0 Å². The van der Waals surface area contributed by atoms with Crippen molar-refractivity contribution in [1.29, 1.82) is 0 Å². The third-order valence-corrected chi connectivity index (χ3v) is 7.28. The quantitative estimate of drug-likeness (QED) is 0.374. The summed E-state index contributed by atoms with van der Waals surface area (Å²) in [5.74, 6) is 0.123. The number of likely N-dealkylation sites (N-methyl/N-ethyl adjacent to an activating group) is 1. The molecule has 2 atom stereocenters. The molecule has 4 rings (SSSR count). The summed E-state index contributed by atoms with van der Waals surface area (Å²) < 4.78 is 11.6. The van der Waals surface area contributed by atoms with Gasteiger partial charge in [-0.3, -0.25) is 14.5 Å². The summed E-state index contributed by atoms with van der Waals surface area (Å²) in [5, 5.41) is 5.01. The fraction of sp³-hybridized carbons (Fsp3) is 0.424. The highest BCUT2D eigenvalue weighted by Crippen LogP contribution is 2.34. The van der Waals surface area contributed by atoms with E-state index in [-0.39, 0.29) is 12.5 Å². The molecular formula is C33H41N3O5. The Morgan fingerprint density at radius 2 is 1.78 bits per heavy atom. The molecule has 8 heteroatoms. The summed E-state index contributed by atoms with van der Waals surface area (Å²) in [5.41, 5.74) is 2.09. The Bertz CT molecular complexity index is 1410. The van der Waals surface area contributed by atoms with Crippen molar-refractivity contribution in [1.82, 2.24) is 10.2 Å². The Balaban J connectivity index is 1.64.